The third-order valence-corrected chi connectivity index (χ3v) is 3.85. The zero-order chi connectivity index (χ0) is 16.1. The van der Waals surface area contributed by atoms with Crippen molar-refractivity contribution in [3.05, 3.63) is 59.2 Å². The molecule has 1 heterocycles. The monoisotopic (exact) mass is 311 g/mol. The summed E-state index contributed by atoms with van der Waals surface area (Å²) in [7, 11) is 0. The van der Waals surface area contributed by atoms with Crippen molar-refractivity contribution in [1.29, 1.82) is 0 Å². The van der Waals surface area contributed by atoms with Gasteiger partial charge in [0, 0.05) is 13.0 Å². The summed E-state index contributed by atoms with van der Waals surface area (Å²) >= 11 is 0. The van der Waals surface area contributed by atoms with Gasteiger partial charge >= 0.3 is 0 Å². The largest absolute Gasteiger partial charge is 0.493 e. The molecule has 0 unspecified atom stereocenters. The Morgan fingerprint density at radius 2 is 2.17 bits per heavy atom. The van der Waals surface area contributed by atoms with Crippen molar-refractivity contribution in [2.75, 3.05) is 19.8 Å². The van der Waals surface area contributed by atoms with Crippen molar-refractivity contribution in [3.63, 3.8) is 0 Å². The number of hydrogen-bond donors (Lipinski definition) is 1. The van der Waals surface area contributed by atoms with Crippen LogP contribution in [0.5, 0.6) is 11.5 Å². The van der Waals surface area contributed by atoms with E-state index >= 15 is 0 Å². The molecule has 4 heteroatoms. The van der Waals surface area contributed by atoms with Crippen LogP contribution in [0.4, 0.5) is 0 Å². The second-order valence-electron chi connectivity index (χ2n) is 5.75. The van der Waals surface area contributed by atoms with Crippen molar-refractivity contribution in [2.24, 2.45) is 0 Å². The molecule has 0 radical (unpaired) electrons. The van der Waals surface area contributed by atoms with Gasteiger partial charge in [-0.15, -0.1) is 0 Å². The van der Waals surface area contributed by atoms with Gasteiger partial charge in [-0.05, 0) is 48.2 Å². The molecule has 1 N–H and O–H groups in total. The molecule has 23 heavy (non-hydrogen) atoms. The van der Waals surface area contributed by atoms with Crippen LogP contribution < -0.4 is 14.8 Å². The molecule has 1 aliphatic heterocycles. The normalized spacial score (nSPS) is 12.4. The topological polar surface area (TPSA) is 47.6 Å². The first-order valence-electron chi connectivity index (χ1n) is 7.91. The van der Waals surface area contributed by atoms with Gasteiger partial charge in [-0.2, -0.15) is 0 Å². The van der Waals surface area contributed by atoms with Gasteiger partial charge in [0.25, 0.3) is 5.91 Å². The fourth-order valence-electron chi connectivity index (χ4n) is 2.65. The summed E-state index contributed by atoms with van der Waals surface area (Å²) in [5.41, 5.74) is 3.59. The smallest absolute Gasteiger partial charge is 0.257 e. The maximum absolute atomic E-state index is 11.8. The number of carbonyl (C=O) groups is 1. The molecule has 0 aromatic heterocycles. The molecule has 0 atom stereocenters. The number of nitrogens with one attached hydrogen (secondary N) is 1. The lowest BCUT2D eigenvalue weighted by Gasteiger charge is -2.08. The maximum Gasteiger partial charge on any atom is 0.257 e. The van der Waals surface area contributed by atoms with E-state index in [0.29, 0.717) is 6.54 Å². The van der Waals surface area contributed by atoms with Crippen molar-refractivity contribution >= 4 is 5.91 Å². The van der Waals surface area contributed by atoms with E-state index < -0.39 is 0 Å². The molecular formula is C19H21NO3. The molecule has 3 rings (SSSR count). The van der Waals surface area contributed by atoms with Crippen LogP contribution in [-0.2, 0) is 17.6 Å². The van der Waals surface area contributed by atoms with Crippen LogP contribution in [0.1, 0.15) is 16.7 Å². The van der Waals surface area contributed by atoms with Crippen LogP contribution in [-0.4, -0.2) is 25.7 Å². The molecule has 0 saturated heterocycles. The first kappa shape index (κ1) is 15.4. The minimum absolute atomic E-state index is 0.0431. The summed E-state index contributed by atoms with van der Waals surface area (Å²) in [6.07, 6.45) is 1.78. The fourth-order valence-corrected chi connectivity index (χ4v) is 2.65. The van der Waals surface area contributed by atoms with E-state index in [1.807, 2.05) is 37.3 Å². The van der Waals surface area contributed by atoms with E-state index in [4.69, 9.17) is 9.47 Å². The number of amides is 1. The highest BCUT2D eigenvalue weighted by Crippen LogP contribution is 2.25. The second kappa shape index (κ2) is 7.18. The summed E-state index contributed by atoms with van der Waals surface area (Å²) in [6, 6.07) is 13.9. The zero-order valence-corrected chi connectivity index (χ0v) is 13.3. The Morgan fingerprint density at radius 1 is 1.26 bits per heavy atom. The molecule has 0 bridgehead atoms. The predicted molar refractivity (Wildman–Crippen MR) is 89.0 cm³/mol. The first-order valence-corrected chi connectivity index (χ1v) is 7.91. The van der Waals surface area contributed by atoms with Gasteiger partial charge in [-0.25, -0.2) is 0 Å². The highest BCUT2D eigenvalue weighted by Gasteiger charge is 2.11. The van der Waals surface area contributed by atoms with E-state index in [2.05, 4.69) is 17.4 Å². The molecule has 120 valence electrons. The molecule has 4 nitrogen and oxygen atoms in total. The summed E-state index contributed by atoms with van der Waals surface area (Å²) < 4.78 is 11.0. The Hall–Kier alpha value is -2.49. The quantitative estimate of drug-likeness (QED) is 0.892. The number of ether oxygens (including phenoxy) is 2. The van der Waals surface area contributed by atoms with E-state index in [1.54, 1.807) is 0 Å². The lowest BCUT2D eigenvalue weighted by atomic mass is 10.1. The average molecular weight is 311 g/mol. The number of hydrogen-bond acceptors (Lipinski definition) is 3. The second-order valence-corrected chi connectivity index (χ2v) is 5.75. The molecule has 1 amide bonds. The molecule has 0 aliphatic carbocycles. The minimum Gasteiger partial charge on any atom is -0.493 e. The van der Waals surface area contributed by atoms with Gasteiger partial charge in [0.15, 0.2) is 6.61 Å². The van der Waals surface area contributed by atoms with Crippen LogP contribution in [0.2, 0.25) is 0 Å². The van der Waals surface area contributed by atoms with Crippen LogP contribution in [0.3, 0.4) is 0 Å². The third kappa shape index (κ3) is 4.25. The van der Waals surface area contributed by atoms with Crippen LogP contribution in [0, 0.1) is 6.92 Å². The maximum atomic E-state index is 11.8. The van der Waals surface area contributed by atoms with Gasteiger partial charge in [-0.3, -0.25) is 4.79 Å². The average Bonchev–Trinajstić information content (AvgIpc) is 3.01. The van der Waals surface area contributed by atoms with Gasteiger partial charge in [0.2, 0.25) is 0 Å². The van der Waals surface area contributed by atoms with Crippen LogP contribution in [0.15, 0.2) is 42.5 Å². The van der Waals surface area contributed by atoms with Crippen molar-refractivity contribution in [2.45, 2.75) is 19.8 Å². The minimum atomic E-state index is -0.101. The van der Waals surface area contributed by atoms with Gasteiger partial charge < -0.3 is 14.8 Å². The SMILES string of the molecule is Cc1cccc(OCC(=O)NCCc2ccc3c(c2)CCO3)c1. The Labute approximate surface area is 136 Å². The summed E-state index contributed by atoms with van der Waals surface area (Å²) in [5, 5.41) is 2.89. The Balaban J connectivity index is 1.41. The highest BCUT2D eigenvalue weighted by atomic mass is 16.5. The van der Waals surface area contributed by atoms with Crippen molar-refractivity contribution in [3.8, 4) is 11.5 Å². The summed E-state index contributed by atoms with van der Waals surface area (Å²) in [6.45, 7) is 3.41. The molecule has 1 aliphatic rings. The standard InChI is InChI=1S/C19H21NO3/c1-14-3-2-4-17(11-14)23-13-19(21)20-9-7-15-5-6-18-16(12-15)8-10-22-18/h2-6,11-12H,7-10,13H2,1H3,(H,20,21). The van der Waals surface area contributed by atoms with E-state index in [0.717, 1.165) is 36.5 Å². The molecule has 2 aromatic carbocycles. The van der Waals surface area contributed by atoms with Crippen LogP contribution >= 0.6 is 0 Å². The fraction of sp³-hybridized carbons (Fsp3) is 0.316. The van der Waals surface area contributed by atoms with E-state index in [1.165, 1.54) is 11.1 Å². The number of fused-ring (bicyclic) bond motifs is 1. The Bertz CT molecular complexity index is 697. The lowest BCUT2D eigenvalue weighted by Crippen LogP contribution is -2.30. The van der Waals surface area contributed by atoms with Gasteiger partial charge in [-0.1, -0.05) is 24.3 Å². The Kier molecular flexibility index (Phi) is 4.81. The molecule has 0 saturated carbocycles. The first-order chi connectivity index (χ1) is 11.2. The highest BCUT2D eigenvalue weighted by molar-refractivity contribution is 5.77. The summed E-state index contributed by atoms with van der Waals surface area (Å²) in [4.78, 5) is 11.8. The van der Waals surface area contributed by atoms with Gasteiger partial charge in [0.1, 0.15) is 11.5 Å². The predicted octanol–water partition coefficient (Wildman–Crippen LogP) is 2.67. The number of carbonyl (C=O) groups excluding carboxylic acids is 1. The van der Waals surface area contributed by atoms with Crippen LogP contribution in [0.25, 0.3) is 0 Å². The van der Waals surface area contributed by atoms with Crippen molar-refractivity contribution in [1.82, 2.24) is 5.32 Å². The molecule has 0 fully saturated rings. The van der Waals surface area contributed by atoms with Crippen molar-refractivity contribution < 1.29 is 14.3 Å². The molecule has 0 spiro atoms. The number of rotatable bonds is 6. The number of benzene rings is 2. The van der Waals surface area contributed by atoms with Gasteiger partial charge in [0.05, 0.1) is 6.61 Å². The zero-order valence-electron chi connectivity index (χ0n) is 13.3. The van der Waals surface area contributed by atoms with E-state index in [9.17, 15) is 4.79 Å². The lowest BCUT2D eigenvalue weighted by molar-refractivity contribution is -0.123. The molecule has 2 aromatic rings. The summed E-state index contributed by atoms with van der Waals surface area (Å²) in [5.74, 6) is 1.61. The molecular weight excluding hydrogens is 290 g/mol. The number of aryl methyl sites for hydroxylation is 1. The third-order valence-electron chi connectivity index (χ3n) is 3.85. The van der Waals surface area contributed by atoms with E-state index in [-0.39, 0.29) is 12.5 Å². The Morgan fingerprint density at radius 3 is 3.04 bits per heavy atom.